The number of benzene rings is 1. The van der Waals surface area contributed by atoms with Gasteiger partial charge in [-0.2, -0.15) is 13.2 Å². The molecule has 0 radical (unpaired) electrons. The highest BCUT2D eigenvalue weighted by atomic mass is 19.4. The van der Waals surface area contributed by atoms with Crippen molar-refractivity contribution < 1.29 is 22.7 Å². The van der Waals surface area contributed by atoms with E-state index in [2.05, 4.69) is 4.98 Å². The first-order valence-corrected chi connectivity index (χ1v) is 6.71. The molecule has 0 aliphatic heterocycles. The highest BCUT2D eigenvalue weighted by molar-refractivity contribution is 5.87. The summed E-state index contributed by atoms with van der Waals surface area (Å²) in [4.78, 5) is 16.0. The first-order chi connectivity index (χ1) is 10.9. The largest absolute Gasteiger partial charge is 0.456 e. The van der Waals surface area contributed by atoms with Gasteiger partial charge in [0.05, 0.1) is 5.56 Å². The predicted octanol–water partition coefficient (Wildman–Crippen LogP) is 3.71. The highest BCUT2D eigenvalue weighted by Crippen LogP contribution is 2.32. The molecule has 0 fully saturated rings. The van der Waals surface area contributed by atoms with Gasteiger partial charge in [-0.15, -0.1) is 0 Å². The number of hydrogen-bond acceptors (Lipinski definition) is 3. The Labute approximate surface area is 129 Å². The van der Waals surface area contributed by atoms with Gasteiger partial charge in [0.1, 0.15) is 12.3 Å². The Hall–Kier alpha value is -2.83. The van der Waals surface area contributed by atoms with Crippen LogP contribution in [0, 0.1) is 0 Å². The molecule has 0 spiro atoms. The van der Waals surface area contributed by atoms with Gasteiger partial charge in [-0.05, 0) is 18.2 Å². The van der Waals surface area contributed by atoms with Gasteiger partial charge in [0.2, 0.25) is 0 Å². The zero-order chi connectivity index (χ0) is 16.4. The van der Waals surface area contributed by atoms with Crippen molar-refractivity contribution in [2.45, 2.75) is 12.8 Å². The van der Waals surface area contributed by atoms with E-state index in [-0.39, 0.29) is 11.3 Å². The Bertz CT molecular complexity index is 823. The molecule has 0 aliphatic carbocycles. The van der Waals surface area contributed by atoms with Gasteiger partial charge in [-0.3, -0.25) is 0 Å². The normalized spacial score (nSPS) is 11.6. The maximum Gasteiger partial charge on any atom is 0.416 e. The number of rotatable bonds is 3. The molecule has 0 saturated carbocycles. The van der Waals surface area contributed by atoms with Crippen molar-refractivity contribution in [3.8, 4) is 0 Å². The number of carbonyl (C=O) groups excluding carboxylic acids is 1. The monoisotopic (exact) mass is 320 g/mol. The van der Waals surface area contributed by atoms with E-state index in [0.29, 0.717) is 5.65 Å². The molecule has 118 valence electrons. The zero-order valence-electron chi connectivity index (χ0n) is 11.7. The van der Waals surface area contributed by atoms with Crippen molar-refractivity contribution in [2.24, 2.45) is 0 Å². The number of carbonyl (C=O) groups is 1. The van der Waals surface area contributed by atoms with Crippen LogP contribution in [0.2, 0.25) is 0 Å². The third-order valence-electron chi connectivity index (χ3n) is 3.25. The van der Waals surface area contributed by atoms with E-state index in [1.54, 1.807) is 28.8 Å². The van der Waals surface area contributed by atoms with Crippen LogP contribution in [-0.4, -0.2) is 15.4 Å². The maximum atomic E-state index is 12.9. The number of esters is 1. The van der Waals surface area contributed by atoms with Crippen LogP contribution in [-0.2, 0) is 17.5 Å². The van der Waals surface area contributed by atoms with Crippen LogP contribution in [0.5, 0.6) is 0 Å². The van der Waals surface area contributed by atoms with Crippen LogP contribution in [0.3, 0.4) is 0 Å². The lowest BCUT2D eigenvalue weighted by atomic mass is 10.1. The smallest absolute Gasteiger partial charge is 0.416 e. The second-order valence-electron chi connectivity index (χ2n) is 4.82. The Morgan fingerprint density at radius 2 is 1.87 bits per heavy atom. The minimum absolute atomic E-state index is 0.0423. The Kier molecular flexibility index (Phi) is 3.77. The minimum atomic E-state index is -4.49. The predicted molar refractivity (Wildman–Crippen MR) is 75.8 cm³/mol. The summed E-state index contributed by atoms with van der Waals surface area (Å²) in [5.74, 6) is -0.773. The highest BCUT2D eigenvalue weighted by Gasteiger charge is 2.33. The Morgan fingerprint density at radius 1 is 1.13 bits per heavy atom. The molecule has 7 heteroatoms. The zero-order valence-corrected chi connectivity index (χ0v) is 11.7. The third-order valence-corrected chi connectivity index (χ3v) is 3.25. The molecule has 23 heavy (non-hydrogen) atoms. The fourth-order valence-electron chi connectivity index (χ4n) is 2.17. The van der Waals surface area contributed by atoms with E-state index in [4.69, 9.17) is 4.74 Å². The van der Waals surface area contributed by atoms with Gasteiger partial charge in [0, 0.05) is 18.0 Å². The van der Waals surface area contributed by atoms with Gasteiger partial charge in [-0.25, -0.2) is 9.78 Å². The molecule has 3 aromatic rings. The molecular formula is C16H11F3N2O2. The summed E-state index contributed by atoms with van der Waals surface area (Å²) in [6.45, 7) is -0.470. The van der Waals surface area contributed by atoms with Crippen LogP contribution in [0.25, 0.3) is 5.65 Å². The molecule has 0 bridgehead atoms. The molecule has 0 saturated heterocycles. The first-order valence-electron chi connectivity index (χ1n) is 6.71. The summed E-state index contributed by atoms with van der Waals surface area (Å²) in [6.07, 6.45) is -1.32. The number of pyridine rings is 1. The molecule has 0 aliphatic rings. The Morgan fingerprint density at radius 3 is 2.61 bits per heavy atom. The van der Waals surface area contributed by atoms with E-state index in [9.17, 15) is 18.0 Å². The van der Waals surface area contributed by atoms with Crippen molar-refractivity contribution in [2.75, 3.05) is 0 Å². The van der Waals surface area contributed by atoms with Crippen molar-refractivity contribution in [3.05, 3.63) is 71.7 Å². The van der Waals surface area contributed by atoms with E-state index < -0.39 is 24.3 Å². The fraction of sp³-hybridized carbons (Fsp3) is 0.125. The lowest BCUT2D eigenvalue weighted by Crippen LogP contribution is -2.12. The molecular weight excluding hydrogens is 309 g/mol. The quantitative estimate of drug-likeness (QED) is 0.691. The molecule has 2 aromatic heterocycles. The van der Waals surface area contributed by atoms with E-state index in [1.807, 2.05) is 0 Å². The number of fused-ring (bicyclic) bond motifs is 1. The van der Waals surface area contributed by atoms with Crippen LogP contribution in [0.15, 0.2) is 54.9 Å². The van der Waals surface area contributed by atoms with Gasteiger partial charge >= 0.3 is 12.1 Å². The van der Waals surface area contributed by atoms with Crippen molar-refractivity contribution >= 4 is 11.6 Å². The third kappa shape index (κ3) is 3.18. The van der Waals surface area contributed by atoms with Crippen LogP contribution < -0.4 is 0 Å². The molecule has 0 atom stereocenters. The number of imidazole rings is 1. The average Bonchev–Trinajstić information content (AvgIpc) is 2.96. The minimum Gasteiger partial charge on any atom is -0.456 e. The summed E-state index contributed by atoms with van der Waals surface area (Å²) in [7, 11) is 0. The molecule has 0 amide bonds. The van der Waals surface area contributed by atoms with E-state index in [0.717, 1.165) is 6.07 Å². The summed E-state index contributed by atoms with van der Waals surface area (Å²) in [5, 5.41) is 0. The van der Waals surface area contributed by atoms with Crippen LogP contribution in [0.4, 0.5) is 13.2 Å². The number of ether oxygens (including phenoxy) is 1. The fourth-order valence-corrected chi connectivity index (χ4v) is 2.17. The number of aromatic nitrogens is 2. The maximum absolute atomic E-state index is 12.9. The second kappa shape index (κ2) is 5.75. The van der Waals surface area contributed by atoms with Gasteiger partial charge in [-0.1, -0.05) is 24.3 Å². The SMILES string of the molecule is O=C(OCc1ccccc1C(F)(F)F)c1cn2ccccc2n1. The molecule has 1 aromatic carbocycles. The molecule has 0 unspecified atom stereocenters. The van der Waals surface area contributed by atoms with Crippen molar-refractivity contribution in [3.63, 3.8) is 0 Å². The number of halogens is 3. The second-order valence-corrected chi connectivity index (χ2v) is 4.82. The van der Waals surface area contributed by atoms with Crippen LogP contribution >= 0.6 is 0 Å². The number of alkyl halides is 3. The molecule has 2 heterocycles. The number of nitrogens with zero attached hydrogens (tertiary/aromatic N) is 2. The van der Waals surface area contributed by atoms with E-state index in [1.165, 1.54) is 24.4 Å². The van der Waals surface area contributed by atoms with Crippen LogP contribution in [0.1, 0.15) is 21.6 Å². The lowest BCUT2D eigenvalue weighted by Gasteiger charge is -2.12. The molecule has 0 N–H and O–H groups in total. The first kappa shape index (κ1) is 15.1. The van der Waals surface area contributed by atoms with Gasteiger partial charge < -0.3 is 9.14 Å². The standard InChI is InChI=1S/C16H11F3N2O2/c17-16(18,19)12-6-2-1-5-11(12)10-23-15(22)13-9-21-8-4-3-7-14(21)20-13/h1-9H,10H2. The van der Waals surface area contributed by atoms with Gasteiger partial charge in [0.25, 0.3) is 0 Å². The summed E-state index contributed by atoms with van der Waals surface area (Å²) in [5.41, 5.74) is -0.323. The average molecular weight is 320 g/mol. The molecule has 3 rings (SSSR count). The summed E-state index contributed by atoms with van der Waals surface area (Å²) in [6, 6.07) is 10.2. The van der Waals surface area contributed by atoms with E-state index >= 15 is 0 Å². The topological polar surface area (TPSA) is 43.6 Å². The number of hydrogen-bond donors (Lipinski definition) is 0. The molecule has 4 nitrogen and oxygen atoms in total. The van der Waals surface area contributed by atoms with Gasteiger partial charge in [0.15, 0.2) is 5.69 Å². The summed E-state index contributed by atoms with van der Waals surface area (Å²) < 4.78 is 45.2. The Balaban J connectivity index is 1.77. The van der Waals surface area contributed by atoms with Crippen molar-refractivity contribution in [1.29, 1.82) is 0 Å². The summed E-state index contributed by atoms with van der Waals surface area (Å²) >= 11 is 0. The van der Waals surface area contributed by atoms with Crippen molar-refractivity contribution in [1.82, 2.24) is 9.38 Å². The lowest BCUT2D eigenvalue weighted by molar-refractivity contribution is -0.138.